The Labute approximate surface area is 179 Å². The quantitative estimate of drug-likeness (QED) is 0.577. The Hall–Kier alpha value is -2.66. The Balaban J connectivity index is 1.79. The van der Waals surface area contributed by atoms with Gasteiger partial charge in [0.1, 0.15) is 5.75 Å². The summed E-state index contributed by atoms with van der Waals surface area (Å²) < 4.78 is 20.6. The molecule has 4 nitrogen and oxygen atoms in total. The highest BCUT2D eigenvalue weighted by molar-refractivity contribution is 8.01. The maximum Gasteiger partial charge on any atom is 0.253 e. The number of hydrogen-bond acceptors (Lipinski definition) is 3. The van der Waals surface area contributed by atoms with Crippen LogP contribution in [0.5, 0.6) is 5.75 Å². The van der Waals surface area contributed by atoms with E-state index in [1.807, 2.05) is 67.7 Å². The molecule has 4 rings (SSSR count). The third-order valence-corrected chi connectivity index (χ3v) is 7.05. The van der Waals surface area contributed by atoms with Crippen molar-refractivity contribution in [3.8, 4) is 16.9 Å². The molecule has 1 aromatic heterocycles. The van der Waals surface area contributed by atoms with E-state index in [9.17, 15) is 9.00 Å². The fourth-order valence-corrected chi connectivity index (χ4v) is 4.40. The highest BCUT2D eigenvalue weighted by Gasteiger charge is 2.23. The van der Waals surface area contributed by atoms with E-state index < -0.39 is 9.93 Å². The van der Waals surface area contributed by atoms with Gasteiger partial charge >= 0.3 is 0 Å². The number of aromatic nitrogens is 1. The number of hydrogen-bond donors (Lipinski definition) is 1. The average molecular weight is 424 g/mol. The molecule has 0 radical (unpaired) electrons. The smallest absolute Gasteiger partial charge is 0.253 e. The zero-order valence-electron chi connectivity index (χ0n) is 17.8. The molecular weight excluding hydrogens is 394 g/mol. The summed E-state index contributed by atoms with van der Waals surface area (Å²) in [6, 6.07) is 17.7. The van der Waals surface area contributed by atoms with Crippen LogP contribution in [0.1, 0.15) is 24.0 Å². The zero-order chi connectivity index (χ0) is 21.3. The summed E-state index contributed by atoms with van der Waals surface area (Å²) in [6.45, 7) is 3.05. The zero-order valence-corrected chi connectivity index (χ0v) is 18.7. The molecule has 1 heterocycles. The second-order valence-electron chi connectivity index (χ2n) is 8.62. The van der Waals surface area contributed by atoms with E-state index in [1.165, 1.54) is 12.8 Å². The van der Waals surface area contributed by atoms with Gasteiger partial charge in [-0.3, -0.25) is 9.00 Å². The lowest BCUT2D eigenvalue weighted by Gasteiger charge is -2.18. The van der Waals surface area contributed by atoms with E-state index in [1.54, 1.807) is 17.1 Å². The van der Waals surface area contributed by atoms with Crippen LogP contribution in [0, 0.1) is 12.8 Å². The number of benzene rings is 2. The molecular formula is C25H29NO3S. The molecule has 30 heavy (non-hydrogen) atoms. The van der Waals surface area contributed by atoms with Crippen molar-refractivity contribution < 1.29 is 8.95 Å². The van der Waals surface area contributed by atoms with E-state index in [4.69, 9.17) is 4.74 Å². The van der Waals surface area contributed by atoms with Crippen molar-refractivity contribution in [2.75, 3.05) is 19.1 Å². The van der Waals surface area contributed by atoms with Crippen LogP contribution in [-0.4, -0.2) is 27.9 Å². The van der Waals surface area contributed by atoms with Gasteiger partial charge in [-0.1, -0.05) is 40.3 Å². The first kappa shape index (κ1) is 20.6. The van der Waals surface area contributed by atoms with Gasteiger partial charge in [0.15, 0.2) is 0 Å². The van der Waals surface area contributed by atoms with Crippen molar-refractivity contribution in [2.45, 2.75) is 31.2 Å². The van der Waals surface area contributed by atoms with Gasteiger partial charge in [-0.15, -0.1) is 0 Å². The lowest BCUT2D eigenvalue weighted by molar-refractivity contribution is 0.301. The van der Waals surface area contributed by atoms with Gasteiger partial charge in [-0.2, -0.15) is 0 Å². The van der Waals surface area contributed by atoms with E-state index in [2.05, 4.69) is 0 Å². The predicted molar refractivity (Wildman–Crippen MR) is 124 cm³/mol. The SMILES string of the molecule is Cc1cc(-c2cc([SH](C)(C)=O)ccc2OCC2CC2)cn(Cc2ccccc2)c1=O. The van der Waals surface area contributed by atoms with E-state index in [0.29, 0.717) is 24.6 Å². The molecule has 0 amide bonds. The lowest BCUT2D eigenvalue weighted by atomic mass is 10.0. The first-order chi connectivity index (χ1) is 14.3. The minimum Gasteiger partial charge on any atom is -0.493 e. The maximum absolute atomic E-state index is 12.8. The Bertz CT molecular complexity index is 1160. The Kier molecular flexibility index (Phi) is 5.65. The second kappa shape index (κ2) is 8.23. The van der Waals surface area contributed by atoms with Gasteiger partial charge < -0.3 is 9.30 Å². The van der Waals surface area contributed by atoms with Crippen molar-refractivity contribution in [1.29, 1.82) is 0 Å². The van der Waals surface area contributed by atoms with Gasteiger partial charge in [-0.25, -0.2) is 0 Å². The van der Waals surface area contributed by atoms with Crippen LogP contribution in [0.2, 0.25) is 0 Å². The summed E-state index contributed by atoms with van der Waals surface area (Å²) in [6.07, 6.45) is 7.87. The number of aryl methyl sites for hydroxylation is 1. The van der Waals surface area contributed by atoms with Gasteiger partial charge in [0.05, 0.1) is 13.2 Å². The molecule has 1 aliphatic rings. The van der Waals surface area contributed by atoms with Gasteiger partial charge in [-0.05, 0) is 68.0 Å². The molecule has 1 aliphatic carbocycles. The molecule has 0 bridgehead atoms. The molecule has 0 unspecified atom stereocenters. The Morgan fingerprint density at radius 2 is 1.80 bits per heavy atom. The third kappa shape index (κ3) is 4.73. The third-order valence-electron chi connectivity index (χ3n) is 5.53. The van der Waals surface area contributed by atoms with Crippen LogP contribution < -0.4 is 10.3 Å². The Morgan fingerprint density at radius 3 is 2.47 bits per heavy atom. The monoisotopic (exact) mass is 423 g/mol. The van der Waals surface area contributed by atoms with Crippen LogP contribution in [0.3, 0.4) is 0 Å². The standard InChI is InChI=1S/C25H29NO3S/c1-18-13-21(16-26(25(18)27)15-19-7-5-4-6-8-19)23-14-22(30(2,3)28)11-12-24(23)29-17-20-9-10-20/h4-8,11-14,16,20,30H,9-10,15,17H2,1-3H3. The van der Waals surface area contributed by atoms with Crippen LogP contribution in [0.4, 0.5) is 0 Å². The van der Waals surface area contributed by atoms with Gasteiger partial charge in [0, 0.05) is 27.8 Å². The van der Waals surface area contributed by atoms with Crippen LogP contribution in [0.25, 0.3) is 11.1 Å². The molecule has 2 aromatic carbocycles. The van der Waals surface area contributed by atoms with Gasteiger partial charge in [0.2, 0.25) is 0 Å². The minimum atomic E-state index is -2.42. The van der Waals surface area contributed by atoms with Crippen molar-refractivity contribution >= 4 is 9.93 Å². The first-order valence-corrected chi connectivity index (χ1v) is 13.0. The highest BCUT2D eigenvalue weighted by atomic mass is 32.2. The predicted octanol–water partition coefficient (Wildman–Crippen LogP) is 4.30. The summed E-state index contributed by atoms with van der Waals surface area (Å²) in [4.78, 5) is 13.6. The summed E-state index contributed by atoms with van der Waals surface area (Å²) in [5, 5.41) is 0. The Morgan fingerprint density at radius 1 is 1.07 bits per heavy atom. The second-order valence-corrected chi connectivity index (χ2v) is 11.8. The minimum absolute atomic E-state index is 0.00383. The highest BCUT2D eigenvalue weighted by Crippen LogP contribution is 2.36. The molecule has 0 spiro atoms. The largest absolute Gasteiger partial charge is 0.493 e. The number of pyridine rings is 1. The molecule has 1 fully saturated rings. The van der Waals surface area contributed by atoms with Gasteiger partial charge in [0.25, 0.3) is 5.56 Å². The van der Waals surface area contributed by atoms with E-state index in [-0.39, 0.29) is 5.56 Å². The van der Waals surface area contributed by atoms with E-state index in [0.717, 1.165) is 27.3 Å². The number of thiol groups is 1. The fraction of sp³-hybridized carbons (Fsp3) is 0.320. The van der Waals surface area contributed by atoms with E-state index >= 15 is 0 Å². The van der Waals surface area contributed by atoms with Crippen molar-refractivity contribution in [3.05, 3.63) is 82.3 Å². The van der Waals surface area contributed by atoms with Crippen molar-refractivity contribution in [1.82, 2.24) is 4.57 Å². The molecule has 158 valence electrons. The first-order valence-electron chi connectivity index (χ1n) is 10.4. The molecule has 0 saturated heterocycles. The molecule has 0 atom stereocenters. The summed E-state index contributed by atoms with van der Waals surface area (Å²) in [7, 11) is -2.42. The topological polar surface area (TPSA) is 48.3 Å². The fourth-order valence-electron chi connectivity index (χ4n) is 3.53. The average Bonchev–Trinajstić information content (AvgIpc) is 3.54. The molecule has 0 N–H and O–H groups in total. The number of ether oxygens (including phenoxy) is 1. The summed E-state index contributed by atoms with van der Waals surface area (Å²) >= 11 is 0. The van der Waals surface area contributed by atoms with Crippen LogP contribution >= 0.6 is 0 Å². The summed E-state index contributed by atoms with van der Waals surface area (Å²) in [5.41, 5.74) is 3.54. The molecule has 3 aromatic rings. The van der Waals surface area contributed by atoms with Crippen LogP contribution in [0.15, 0.2) is 70.5 Å². The summed E-state index contributed by atoms with van der Waals surface area (Å²) in [5.74, 6) is 1.41. The molecule has 5 heteroatoms. The number of nitrogens with zero attached hydrogens (tertiary/aromatic N) is 1. The molecule has 1 saturated carbocycles. The number of rotatable bonds is 7. The van der Waals surface area contributed by atoms with Crippen LogP contribution in [-0.2, 0) is 16.5 Å². The van der Waals surface area contributed by atoms with Crippen molar-refractivity contribution in [2.24, 2.45) is 5.92 Å². The normalized spacial score (nSPS) is 14.5. The lowest BCUT2D eigenvalue weighted by Crippen LogP contribution is -2.22. The van der Waals surface area contributed by atoms with Crippen molar-refractivity contribution in [3.63, 3.8) is 0 Å². The maximum atomic E-state index is 12.8. The molecule has 0 aliphatic heterocycles.